The topological polar surface area (TPSA) is 89.5 Å². The van der Waals surface area contributed by atoms with Crippen molar-refractivity contribution in [2.45, 2.75) is 54.9 Å². The minimum Gasteiger partial charge on any atom is -0.444 e. The van der Waals surface area contributed by atoms with E-state index < -0.39 is 38.2 Å². The van der Waals surface area contributed by atoms with Crippen molar-refractivity contribution in [1.29, 1.82) is 0 Å². The van der Waals surface area contributed by atoms with Crippen LogP contribution in [0.15, 0.2) is 57.9 Å². The number of hydrogen-bond acceptors (Lipinski definition) is 5. The van der Waals surface area contributed by atoms with E-state index >= 15 is 0 Å². The Morgan fingerprint density at radius 2 is 1.67 bits per heavy atom. The maximum Gasteiger partial charge on any atom is 0.408 e. The zero-order valence-corrected chi connectivity index (χ0v) is 19.6. The highest BCUT2D eigenvalue weighted by Crippen LogP contribution is 2.56. The first kappa shape index (κ1) is 22.5. The third-order valence-electron chi connectivity index (χ3n) is 5.00. The Balaban J connectivity index is 2.04. The summed E-state index contributed by atoms with van der Waals surface area (Å²) in [6, 6.07) is 13.5. The van der Waals surface area contributed by atoms with Crippen LogP contribution in [0.2, 0.25) is 0 Å². The fourth-order valence-corrected chi connectivity index (χ4v) is 6.11. The lowest BCUT2D eigenvalue weighted by molar-refractivity contribution is -0.110. The Labute approximate surface area is 185 Å². The monoisotopic (exact) mass is 493 g/mol. The van der Waals surface area contributed by atoms with Crippen LogP contribution in [0.3, 0.4) is 0 Å². The van der Waals surface area contributed by atoms with Crippen molar-refractivity contribution < 1.29 is 22.7 Å². The van der Waals surface area contributed by atoms with Gasteiger partial charge in [0, 0.05) is 10.4 Å². The molecule has 0 unspecified atom stereocenters. The van der Waals surface area contributed by atoms with Crippen LogP contribution in [0.4, 0.5) is 4.79 Å². The first-order valence-electron chi connectivity index (χ1n) is 9.44. The van der Waals surface area contributed by atoms with Gasteiger partial charge in [-0.15, -0.1) is 0 Å². The van der Waals surface area contributed by atoms with E-state index in [0.29, 0.717) is 11.8 Å². The quantitative estimate of drug-likeness (QED) is 0.631. The predicted octanol–water partition coefficient (Wildman–Crippen LogP) is 4.16. The third-order valence-corrected chi connectivity index (χ3v) is 7.79. The van der Waals surface area contributed by atoms with Gasteiger partial charge in [-0.25, -0.2) is 13.2 Å². The molecule has 0 aliphatic heterocycles. The van der Waals surface area contributed by atoms with Crippen molar-refractivity contribution >= 4 is 38.1 Å². The number of rotatable bonds is 5. The molecule has 6 nitrogen and oxygen atoms in total. The maximum atomic E-state index is 13.4. The second kappa shape index (κ2) is 7.81. The van der Waals surface area contributed by atoms with Crippen LogP contribution in [0.5, 0.6) is 0 Å². The molecule has 0 aromatic heterocycles. The van der Waals surface area contributed by atoms with E-state index in [4.69, 9.17) is 4.74 Å². The number of halogens is 1. The van der Waals surface area contributed by atoms with Gasteiger partial charge in [0.2, 0.25) is 0 Å². The highest BCUT2D eigenvalue weighted by atomic mass is 79.9. The largest absolute Gasteiger partial charge is 0.444 e. The molecular weight excluding hydrogens is 470 g/mol. The first-order chi connectivity index (χ1) is 13.9. The predicted molar refractivity (Wildman–Crippen MR) is 117 cm³/mol. The average Bonchev–Trinajstić information content (AvgIpc) is 3.30. The summed E-state index contributed by atoms with van der Waals surface area (Å²) in [6.07, 6.45) is -0.321. The molecule has 2 aromatic rings. The highest BCUT2D eigenvalue weighted by molar-refractivity contribution is 9.10. The maximum absolute atomic E-state index is 13.4. The van der Waals surface area contributed by atoms with Crippen LogP contribution in [-0.4, -0.2) is 37.2 Å². The molecule has 1 amide bonds. The average molecular weight is 494 g/mol. The number of ether oxygens (including phenoxy) is 1. The van der Waals surface area contributed by atoms with Gasteiger partial charge in [0.05, 0.1) is 4.90 Å². The third kappa shape index (κ3) is 4.30. The molecule has 1 fully saturated rings. The Morgan fingerprint density at radius 3 is 2.17 bits per heavy atom. The zero-order chi connectivity index (χ0) is 22.3. The number of nitrogens with one attached hydrogen (secondary N) is 1. The Hall–Kier alpha value is -2.19. The van der Waals surface area contributed by atoms with Crippen LogP contribution in [-0.2, 0) is 19.4 Å². The SMILES string of the molecule is Cc1ccc(S(=O)(=O)[C@H]2[C@@H](c3ccc(Br)cc3)[C@@]2(C=O)NC(=O)OC(C)(C)C)cc1. The van der Waals surface area contributed by atoms with Crippen LogP contribution in [0.1, 0.15) is 37.8 Å². The van der Waals surface area contributed by atoms with Crippen LogP contribution in [0.25, 0.3) is 0 Å². The molecule has 1 N–H and O–H groups in total. The van der Waals surface area contributed by atoms with Crippen LogP contribution in [0, 0.1) is 6.92 Å². The second-order valence-electron chi connectivity index (χ2n) is 8.49. The molecule has 3 atom stereocenters. The zero-order valence-electron chi connectivity index (χ0n) is 17.2. The fourth-order valence-electron chi connectivity index (χ4n) is 3.60. The number of sulfone groups is 1. The second-order valence-corrected chi connectivity index (χ2v) is 11.5. The number of carbonyl (C=O) groups excluding carboxylic acids is 2. The van der Waals surface area contributed by atoms with Crippen molar-refractivity contribution in [3.05, 3.63) is 64.1 Å². The fraction of sp³-hybridized carbons (Fsp3) is 0.364. The van der Waals surface area contributed by atoms with Crippen molar-refractivity contribution in [2.75, 3.05) is 0 Å². The number of hydrogen-bond donors (Lipinski definition) is 1. The Morgan fingerprint density at radius 1 is 1.10 bits per heavy atom. The number of aryl methyl sites for hydroxylation is 1. The molecule has 1 aliphatic rings. The van der Waals surface area contributed by atoms with E-state index in [9.17, 15) is 18.0 Å². The van der Waals surface area contributed by atoms with Gasteiger partial charge in [0.15, 0.2) is 9.84 Å². The number of amides is 1. The van der Waals surface area contributed by atoms with Crippen molar-refractivity contribution in [3.8, 4) is 0 Å². The lowest BCUT2D eigenvalue weighted by Crippen LogP contribution is -2.45. The van der Waals surface area contributed by atoms with Crippen LogP contribution >= 0.6 is 15.9 Å². The summed E-state index contributed by atoms with van der Waals surface area (Å²) < 4.78 is 33.0. The molecule has 8 heteroatoms. The van der Waals surface area contributed by atoms with Gasteiger partial charge in [0.25, 0.3) is 0 Å². The first-order valence-corrected chi connectivity index (χ1v) is 11.8. The molecule has 0 spiro atoms. The molecule has 1 aliphatic carbocycles. The molecular formula is C22H24BrNO5S. The van der Waals surface area contributed by atoms with E-state index in [0.717, 1.165) is 10.0 Å². The Kier molecular flexibility index (Phi) is 5.86. The minimum absolute atomic E-state index is 0.106. The molecule has 3 rings (SSSR count). The van der Waals surface area contributed by atoms with Crippen molar-refractivity contribution in [2.24, 2.45) is 0 Å². The number of alkyl carbamates (subject to hydrolysis) is 1. The number of benzene rings is 2. The van der Waals surface area contributed by atoms with Gasteiger partial charge in [-0.05, 0) is 57.5 Å². The van der Waals surface area contributed by atoms with Gasteiger partial charge < -0.3 is 14.8 Å². The molecule has 160 valence electrons. The van der Waals surface area contributed by atoms with E-state index in [-0.39, 0.29) is 4.90 Å². The summed E-state index contributed by atoms with van der Waals surface area (Å²) >= 11 is 3.35. The summed E-state index contributed by atoms with van der Waals surface area (Å²) in [4.78, 5) is 24.8. The van der Waals surface area contributed by atoms with E-state index in [1.807, 2.05) is 6.92 Å². The number of carbonyl (C=O) groups is 2. The summed E-state index contributed by atoms with van der Waals surface area (Å²) in [5.41, 5.74) is -0.841. The molecule has 0 saturated heterocycles. The molecule has 1 saturated carbocycles. The summed E-state index contributed by atoms with van der Waals surface area (Å²) in [7, 11) is -3.91. The van der Waals surface area contributed by atoms with Gasteiger partial charge in [-0.3, -0.25) is 0 Å². The summed E-state index contributed by atoms with van der Waals surface area (Å²) in [6.45, 7) is 6.94. The van der Waals surface area contributed by atoms with Crippen molar-refractivity contribution in [3.63, 3.8) is 0 Å². The summed E-state index contributed by atoms with van der Waals surface area (Å²) in [5.74, 6) is -0.734. The van der Waals surface area contributed by atoms with E-state index in [1.54, 1.807) is 57.2 Å². The standard InChI is InChI=1S/C22H24BrNO5S/c1-14-5-11-17(12-6-14)30(27,28)19-18(15-7-9-16(23)10-8-15)22(19,13-25)24-20(26)29-21(2,3)4/h5-13,18-19H,1-4H3,(H,24,26)/t18-,19+,22-/m1/s1. The highest BCUT2D eigenvalue weighted by Gasteiger charge is 2.73. The van der Waals surface area contributed by atoms with Crippen molar-refractivity contribution in [1.82, 2.24) is 5.32 Å². The normalized spacial score (nSPS) is 23.5. The van der Waals surface area contributed by atoms with Gasteiger partial charge >= 0.3 is 6.09 Å². The number of aldehydes is 1. The van der Waals surface area contributed by atoms with Gasteiger partial charge in [0.1, 0.15) is 22.7 Å². The van der Waals surface area contributed by atoms with Gasteiger partial charge in [-0.2, -0.15) is 0 Å². The minimum atomic E-state index is -3.91. The summed E-state index contributed by atoms with van der Waals surface area (Å²) in [5, 5.41) is 1.41. The molecule has 0 heterocycles. The van der Waals surface area contributed by atoms with E-state index in [2.05, 4.69) is 21.2 Å². The van der Waals surface area contributed by atoms with E-state index in [1.165, 1.54) is 12.1 Å². The van der Waals surface area contributed by atoms with Gasteiger partial charge in [-0.1, -0.05) is 45.8 Å². The smallest absolute Gasteiger partial charge is 0.408 e. The lowest BCUT2D eigenvalue weighted by Gasteiger charge is -2.22. The molecule has 30 heavy (non-hydrogen) atoms. The lowest BCUT2D eigenvalue weighted by atomic mass is 10.1. The molecule has 0 radical (unpaired) electrons. The molecule has 2 aromatic carbocycles. The van der Waals surface area contributed by atoms with Crippen LogP contribution < -0.4 is 5.32 Å². The molecule has 0 bridgehead atoms. The Bertz CT molecular complexity index is 1060.